The molecule has 0 atom stereocenters. The monoisotopic (exact) mass is 539 g/mol. The van der Waals surface area contributed by atoms with Crippen molar-refractivity contribution in [3.05, 3.63) is 54.1 Å². The van der Waals surface area contributed by atoms with Gasteiger partial charge in [0.1, 0.15) is 5.82 Å². The standard InChI is InChI=1S/C23H33N5O2.HI/c1-3-24-23(27-15-11-20(12-16-27)22(29)30-4-2)26-13-10-21-25-14-17-28(21)18-19-8-6-5-7-9-19;/h5-9,14,17,20H,3-4,10-13,15-16,18H2,1-2H3,(H,24,26);1H. The van der Waals surface area contributed by atoms with E-state index in [-0.39, 0.29) is 35.9 Å². The number of benzene rings is 1. The van der Waals surface area contributed by atoms with Crippen LogP contribution in [0.2, 0.25) is 0 Å². The van der Waals surface area contributed by atoms with Crippen molar-refractivity contribution < 1.29 is 9.53 Å². The van der Waals surface area contributed by atoms with Crippen LogP contribution < -0.4 is 5.32 Å². The first-order valence-electron chi connectivity index (χ1n) is 10.9. The molecule has 1 aromatic heterocycles. The summed E-state index contributed by atoms with van der Waals surface area (Å²) in [6.07, 6.45) is 6.29. The fraction of sp³-hybridized carbons (Fsp3) is 0.522. The smallest absolute Gasteiger partial charge is 0.309 e. The molecule has 0 aliphatic carbocycles. The van der Waals surface area contributed by atoms with Crippen LogP contribution in [0.25, 0.3) is 0 Å². The van der Waals surface area contributed by atoms with Gasteiger partial charge in [-0.25, -0.2) is 4.98 Å². The van der Waals surface area contributed by atoms with Gasteiger partial charge in [0.2, 0.25) is 0 Å². The first-order valence-corrected chi connectivity index (χ1v) is 10.9. The molecule has 0 amide bonds. The Morgan fingerprint density at radius 1 is 1.23 bits per heavy atom. The zero-order valence-corrected chi connectivity index (χ0v) is 20.8. The van der Waals surface area contributed by atoms with Crippen molar-refractivity contribution in [1.82, 2.24) is 19.8 Å². The number of rotatable bonds is 8. The van der Waals surface area contributed by atoms with E-state index in [1.807, 2.05) is 25.4 Å². The molecule has 1 aliphatic rings. The maximum Gasteiger partial charge on any atom is 0.309 e. The molecule has 0 bridgehead atoms. The van der Waals surface area contributed by atoms with Crippen molar-refractivity contribution in [3.63, 3.8) is 0 Å². The van der Waals surface area contributed by atoms with Gasteiger partial charge in [0.15, 0.2) is 5.96 Å². The fourth-order valence-corrected chi connectivity index (χ4v) is 3.77. The summed E-state index contributed by atoms with van der Waals surface area (Å²) in [5.41, 5.74) is 1.26. The van der Waals surface area contributed by atoms with Crippen LogP contribution in [-0.2, 0) is 22.5 Å². The molecule has 1 aromatic carbocycles. The van der Waals surface area contributed by atoms with Gasteiger partial charge in [-0.15, -0.1) is 24.0 Å². The van der Waals surface area contributed by atoms with Gasteiger partial charge in [0, 0.05) is 51.5 Å². The number of likely N-dealkylation sites (tertiary alicyclic amines) is 1. The Hall–Kier alpha value is -2.10. The van der Waals surface area contributed by atoms with E-state index < -0.39 is 0 Å². The first-order chi connectivity index (χ1) is 14.7. The lowest BCUT2D eigenvalue weighted by Crippen LogP contribution is -2.46. The third kappa shape index (κ3) is 7.52. The molecule has 0 saturated carbocycles. The number of aliphatic imine (C=N–C) groups is 1. The molecular formula is C23H34IN5O2. The average Bonchev–Trinajstić information content (AvgIpc) is 3.21. The lowest BCUT2D eigenvalue weighted by Gasteiger charge is -2.33. The predicted molar refractivity (Wildman–Crippen MR) is 134 cm³/mol. The average molecular weight is 539 g/mol. The molecule has 0 unspecified atom stereocenters. The number of halogens is 1. The number of nitrogens with one attached hydrogen (secondary N) is 1. The van der Waals surface area contributed by atoms with Gasteiger partial charge >= 0.3 is 5.97 Å². The van der Waals surface area contributed by atoms with E-state index in [2.05, 4.69) is 51.0 Å². The van der Waals surface area contributed by atoms with Crippen LogP contribution in [0.4, 0.5) is 0 Å². The Kier molecular flexibility index (Phi) is 10.8. The molecule has 8 heteroatoms. The number of piperidine rings is 1. The van der Waals surface area contributed by atoms with Crippen LogP contribution in [0.3, 0.4) is 0 Å². The minimum Gasteiger partial charge on any atom is -0.466 e. The van der Waals surface area contributed by atoms with E-state index in [0.29, 0.717) is 13.2 Å². The van der Waals surface area contributed by atoms with E-state index in [9.17, 15) is 4.79 Å². The second kappa shape index (κ2) is 13.3. The number of carbonyl (C=O) groups excluding carboxylic acids is 1. The van der Waals surface area contributed by atoms with Crippen LogP contribution in [0.15, 0.2) is 47.7 Å². The van der Waals surface area contributed by atoms with E-state index in [1.165, 1.54) is 5.56 Å². The Morgan fingerprint density at radius 3 is 2.65 bits per heavy atom. The number of imidazole rings is 1. The summed E-state index contributed by atoms with van der Waals surface area (Å²) >= 11 is 0. The third-order valence-electron chi connectivity index (χ3n) is 5.34. The molecule has 0 spiro atoms. The van der Waals surface area contributed by atoms with Crippen LogP contribution in [0, 0.1) is 5.92 Å². The van der Waals surface area contributed by atoms with Gasteiger partial charge < -0.3 is 19.5 Å². The summed E-state index contributed by atoms with van der Waals surface area (Å²) in [5, 5.41) is 3.39. The molecule has 0 radical (unpaired) electrons. The highest BCUT2D eigenvalue weighted by Gasteiger charge is 2.27. The van der Waals surface area contributed by atoms with Gasteiger partial charge in [-0.2, -0.15) is 0 Å². The zero-order chi connectivity index (χ0) is 21.2. The van der Waals surface area contributed by atoms with Crippen LogP contribution in [0.5, 0.6) is 0 Å². The topological polar surface area (TPSA) is 71.8 Å². The van der Waals surface area contributed by atoms with Crippen molar-refractivity contribution in [2.75, 3.05) is 32.8 Å². The van der Waals surface area contributed by atoms with Crippen molar-refractivity contribution in [2.24, 2.45) is 10.9 Å². The van der Waals surface area contributed by atoms with Gasteiger partial charge in [-0.05, 0) is 32.3 Å². The highest BCUT2D eigenvalue weighted by Crippen LogP contribution is 2.19. The third-order valence-corrected chi connectivity index (χ3v) is 5.34. The Labute approximate surface area is 202 Å². The van der Waals surface area contributed by atoms with E-state index in [0.717, 1.165) is 57.2 Å². The number of guanidine groups is 1. The predicted octanol–water partition coefficient (Wildman–Crippen LogP) is 3.33. The summed E-state index contributed by atoms with van der Waals surface area (Å²) < 4.78 is 7.36. The number of esters is 1. The second-order valence-corrected chi connectivity index (χ2v) is 7.46. The molecule has 3 rings (SSSR count). The number of hydrogen-bond donors (Lipinski definition) is 1. The normalized spacial score (nSPS) is 14.8. The Morgan fingerprint density at radius 2 is 1.97 bits per heavy atom. The molecule has 1 saturated heterocycles. The minimum absolute atomic E-state index is 0. The van der Waals surface area contributed by atoms with Gasteiger partial charge in [0.25, 0.3) is 0 Å². The van der Waals surface area contributed by atoms with Crippen molar-refractivity contribution in [3.8, 4) is 0 Å². The summed E-state index contributed by atoms with van der Waals surface area (Å²) in [5.74, 6) is 1.90. The molecule has 170 valence electrons. The first kappa shape index (κ1) is 25.2. The quantitative estimate of drug-likeness (QED) is 0.241. The molecule has 31 heavy (non-hydrogen) atoms. The zero-order valence-electron chi connectivity index (χ0n) is 18.5. The van der Waals surface area contributed by atoms with E-state index in [4.69, 9.17) is 9.73 Å². The summed E-state index contributed by atoms with van der Waals surface area (Å²) in [6, 6.07) is 10.4. The van der Waals surface area contributed by atoms with E-state index in [1.54, 1.807) is 0 Å². The number of aromatic nitrogens is 2. The van der Waals surface area contributed by atoms with Gasteiger partial charge in [0.05, 0.1) is 12.5 Å². The maximum atomic E-state index is 12.0. The molecule has 2 aromatic rings. The minimum atomic E-state index is -0.0654. The van der Waals surface area contributed by atoms with Crippen LogP contribution in [0.1, 0.15) is 38.1 Å². The number of nitrogens with zero attached hydrogens (tertiary/aromatic N) is 4. The Balaban J connectivity index is 0.00000341. The maximum absolute atomic E-state index is 12.0. The molecule has 1 aliphatic heterocycles. The van der Waals surface area contributed by atoms with Crippen molar-refractivity contribution >= 4 is 35.9 Å². The largest absolute Gasteiger partial charge is 0.466 e. The molecular weight excluding hydrogens is 505 g/mol. The summed E-state index contributed by atoms with van der Waals surface area (Å²) in [7, 11) is 0. The fourth-order valence-electron chi connectivity index (χ4n) is 3.77. The lowest BCUT2D eigenvalue weighted by molar-refractivity contribution is -0.149. The number of ether oxygens (including phenoxy) is 1. The van der Waals surface area contributed by atoms with Crippen LogP contribution >= 0.6 is 24.0 Å². The molecule has 7 nitrogen and oxygen atoms in total. The van der Waals surface area contributed by atoms with Crippen molar-refractivity contribution in [1.29, 1.82) is 0 Å². The molecule has 2 heterocycles. The lowest BCUT2D eigenvalue weighted by atomic mass is 9.97. The molecule has 1 fully saturated rings. The second-order valence-electron chi connectivity index (χ2n) is 7.46. The summed E-state index contributed by atoms with van der Waals surface area (Å²) in [6.45, 7) is 8.33. The number of hydrogen-bond acceptors (Lipinski definition) is 4. The molecule has 1 N–H and O–H groups in total. The summed E-state index contributed by atoms with van der Waals surface area (Å²) in [4.78, 5) is 23.6. The highest BCUT2D eigenvalue weighted by molar-refractivity contribution is 14.0. The van der Waals surface area contributed by atoms with Crippen molar-refractivity contribution in [2.45, 2.75) is 39.7 Å². The highest BCUT2D eigenvalue weighted by atomic mass is 127. The van der Waals surface area contributed by atoms with Crippen LogP contribution in [-0.4, -0.2) is 59.2 Å². The van der Waals surface area contributed by atoms with Gasteiger partial charge in [-0.1, -0.05) is 30.3 Å². The SMILES string of the molecule is CCNC(=NCCc1nccn1Cc1ccccc1)N1CCC(C(=O)OCC)CC1.I. The van der Waals surface area contributed by atoms with E-state index >= 15 is 0 Å². The number of carbonyl (C=O) groups is 1. The Bertz CT molecular complexity index is 816. The van der Waals surface area contributed by atoms with Gasteiger partial charge in [-0.3, -0.25) is 9.79 Å².